The van der Waals surface area contributed by atoms with Crippen molar-refractivity contribution >= 4 is 27.7 Å². The lowest BCUT2D eigenvalue weighted by Gasteiger charge is -2.13. The van der Waals surface area contributed by atoms with E-state index in [0.29, 0.717) is 12.0 Å². The monoisotopic (exact) mass is 511 g/mol. The molecule has 0 aliphatic rings. The summed E-state index contributed by atoms with van der Waals surface area (Å²) in [6, 6.07) is 4.50. The smallest absolute Gasteiger partial charge is 0.348 e. The molecule has 11 heteroatoms. The van der Waals surface area contributed by atoms with E-state index in [-0.39, 0.29) is 35.0 Å². The van der Waals surface area contributed by atoms with Gasteiger partial charge in [-0.1, -0.05) is 32.3 Å². The minimum atomic E-state index is -4.58. The van der Waals surface area contributed by atoms with Crippen molar-refractivity contribution in [1.29, 1.82) is 0 Å². The van der Waals surface area contributed by atoms with Crippen molar-refractivity contribution in [2.75, 3.05) is 11.0 Å². The van der Waals surface area contributed by atoms with Gasteiger partial charge in [0.1, 0.15) is 11.5 Å². The molecule has 1 unspecified atom stereocenters. The number of alkyl halides is 3. The standard InChI is InChI=1S/C24H25F4N3O3S/c1-5-15(3)11-20-18(7-9-21(30-20)24(26,27)28)8-10-22(32)29-14-16-12-17(6-2)23(19(25)13-16)31-35(4,33)34/h2,7-10,12-13,15,31H,5,11,14H2,1,3-4H3,(H,29,32)/b10-8+. The number of carbonyl (C=O) groups is 1. The number of rotatable bonds is 9. The Labute approximate surface area is 201 Å². The minimum Gasteiger partial charge on any atom is -0.348 e. The van der Waals surface area contributed by atoms with Crippen LogP contribution in [0.4, 0.5) is 23.2 Å². The molecule has 0 aliphatic heterocycles. The molecule has 1 aromatic heterocycles. The van der Waals surface area contributed by atoms with Crippen molar-refractivity contribution in [1.82, 2.24) is 10.3 Å². The summed E-state index contributed by atoms with van der Waals surface area (Å²) in [7, 11) is -3.76. The Morgan fingerprint density at radius 2 is 1.97 bits per heavy atom. The average molecular weight is 512 g/mol. The van der Waals surface area contributed by atoms with E-state index in [1.165, 1.54) is 18.2 Å². The highest BCUT2D eigenvalue weighted by Gasteiger charge is 2.33. The fourth-order valence-electron chi connectivity index (χ4n) is 3.04. The van der Waals surface area contributed by atoms with Crippen LogP contribution in [0.25, 0.3) is 6.08 Å². The van der Waals surface area contributed by atoms with Gasteiger partial charge in [-0.2, -0.15) is 13.2 Å². The van der Waals surface area contributed by atoms with Crippen LogP contribution in [0, 0.1) is 24.1 Å². The Morgan fingerprint density at radius 1 is 1.29 bits per heavy atom. The minimum absolute atomic E-state index is 0.0410. The summed E-state index contributed by atoms with van der Waals surface area (Å²) in [6.45, 7) is 3.68. The zero-order chi connectivity index (χ0) is 26.4. The van der Waals surface area contributed by atoms with Crippen LogP contribution in [-0.4, -0.2) is 25.6 Å². The number of amides is 1. The van der Waals surface area contributed by atoms with Crippen LogP contribution in [0.1, 0.15) is 48.3 Å². The molecule has 1 aromatic carbocycles. The number of anilines is 1. The normalized spacial score (nSPS) is 12.9. The Bertz CT molecular complexity index is 1270. The molecule has 1 heterocycles. The van der Waals surface area contributed by atoms with Gasteiger partial charge in [-0.25, -0.2) is 17.8 Å². The van der Waals surface area contributed by atoms with E-state index in [1.54, 1.807) is 0 Å². The third-order valence-corrected chi connectivity index (χ3v) is 5.59. The summed E-state index contributed by atoms with van der Waals surface area (Å²) in [5.74, 6) is 0.795. The SMILES string of the molecule is C#Cc1cc(CNC(=O)/C=C/c2ccc(C(F)(F)F)nc2CC(C)CC)cc(F)c1NS(C)(=O)=O. The second-order valence-corrected chi connectivity index (χ2v) is 9.77. The van der Waals surface area contributed by atoms with Crippen molar-refractivity contribution < 1.29 is 30.8 Å². The number of nitrogens with zero attached hydrogens (tertiary/aromatic N) is 1. The summed E-state index contributed by atoms with van der Waals surface area (Å²) in [6.07, 6.45) is 5.18. The van der Waals surface area contributed by atoms with Gasteiger partial charge in [0, 0.05) is 18.3 Å². The zero-order valence-electron chi connectivity index (χ0n) is 19.3. The lowest BCUT2D eigenvalue weighted by atomic mass is 9.99. The number of benzene rings is 1. The van der Waals surface area contributed by atoms with E-state index in [1.807, 2.05) is 18.6 Å². The van der Waals surface area contributed by atoms with Crippen LogP contribution in [0.2, 0.25) is 0 Å². The number of carbonyl (C=O) groups excluding carboxylic acids is 1. The third kappa shape index (κ3) is 8.40. The van der Waals surface area contributed by atoms with E-state index >= 15 is 0 Å². The van der Waals surface area contributed by atoms with Crippen molar-refractivity contribution in [3.8, 4) is 12.3 Å². The molecule has 0 fully saturated rings. The van der Waals surface area contributed by atoms with Crippen LogP contribution in [0.5, 0.6) is 0 Å². The van der Waals surface area contributed by atoms with E-state index in [4.69, 9.17) is 6.42 Å². The molecule has 2 aromatic rings. The highest BCUT2D eigenvalue weighted by Crippen LogP contribution is 2.29. The van der Waals surface area contributed by atoms with Crippen LogP contribution in [-0.2, 0) is 34.0 Å². The second-order valence-electron chi connectivity index (χ2n) is 8.02. The maximum Gasteiger partial charge on any atom is 0.433 e. The topological polar surface area (TPSA) is 88.2 Å². The summed E-state index contributed by atoms with van der Waals surface area (Å²) >= 11 is 0. The molecule has 0 spiro atoms. The summed E-state index contributed by atoms with van der Waals surface area (Å²) in [4.78, 5) is 16.0. The number of sulfonamides is 1. The number of nitrogens with one attached hydrogen (secondary N) is 2. The molecule has 1 atom stereocenters. The van der Waals surface area contributed by atoms with E-state index in [0.717, 1.165) is 30.9 Å². The Balaban J connectivity index is 2.18. The fraction of sp³-hybridized carbons (Fsp3) is 0.333. The van der Waals surface area contributed by atoms with E-state index < -0.39 is 33.6 Å². The number of aromatic nitrogens is 1. The van der Waals surface area contributed by atoms with Crippen LogP contribution in [0.15, 0.2) is 30.3 Å². The third-order valence-electron chi connectivity index (χ3n) is 5.01. The first-order valence-corrected chi connectivity index (χ1v) is 12.4. The first-order chi connectivity index (χ1) is 16.2. The largest absolute Gasteiger partial charge is 0.433 e. The van der Waals surface area contributed by atoms with Gasteiger partial charge < -0.3 is 5.32 Å². The van der Waals surface area contributed by atoms with Gasteiger partial charge in [0.15, 0.2) is 0 Å². The number of hydrogen-bond donors (Lipinski definition) is 2. The molecule has 0 saturated carbocycles. The Morgan fingerprint density at radius 3 is 2.54 bits per heavy atom. The first kappa shape index (κ1) is 27.9. The van der Waals surface area contributed by atoms with Crippen LogP contribution < -0.4 is 10.0 Å². The molecule has 2 N–H and O–H groups in total. The van der Waals surface area contributed by atoms with Crippen molar-refractivity contribution in [2.45, 2.75) is 39.4 Å². The van der Waals surface area contributed by atoms with Crippen molar-refractivity contribution in [3.63, 3.8) is 0 Å². The van der Waals surface area contributed by atoms with Gasteiger partial charge >= 0.3 is 6.18 Å². The molecule has 0 aliphatic carbocycles. The average Bonchev–Trinajstić information content (AvgIpc) is 2.76. The Hall–Kier alpha value is -3.39. The van der Waals surface area contributed by atoms with Gasteiger partial charge in [0.05, 0.1) is 17.5 Å². The van der Waals surface area contributed by atoms with E-state index in [2.05, 4.69) is 16.2 Å². The molecule has 6 nitrogen and oxygen atoms in total. The highest BCUT2D eigenvalue weighted by molar-refractivity contribution is 7.92. The lowest BCUT2D eigenvalue weighted by Crippen LogP contribution is -2.21. The lowest BCUT2D eigenvalue weighted by molar-refractivity contribution is -0.141. The molecule has 1 amide bonds. The van der Waals surface area contributed by atoms with Gasteiger partial charge in [0.25, 0.3) is 0 Å². The summed E-state index contributed by atoms with van der Waals surface area (Å²) < 4.78 is 78.4. The van der Waals surface area contributed by atoms with Gasteiger partial charge in [-0.05, 0) is 47.7 Å². The summed E-state index contributed by atoms with van der Waals surface area (Å²) in [5, 5.41) is 2.52. The molecule has 188 valence electrons. The number of hydrogen-bond acceptors (Lipinski definition) is 4. The van der Waals surface area contributed by atoms with Gasteiger partial charge in [-0.15, -0.1) is 6.42 Å². The Kier molecular flexibility index (Phi) is 9.04. The molecule has 35 heavy (non-hydrogen) atoms. The molecule has 0 radical (unpaired) electrons. The number of pyridine rings is 1. The molecule has 2 rings (SSSR count). The van der Waals surface area contributed by atoms with Crippen molar-refractivity contribution in [3.05, 3.63) is 64.2 Å². The van der Waals surface area contributed by atoms with E-state index in [9.17, 15) is 30.8 Å². The second kappa shape index (κ2) is 11.4. The maximum absolute atomic E-state index is 14.4. The maximum atomic E-state index is 14.4. The molecule has 0 saturated heterocycles. The first-order valence-electron chi connectivity index (χ1n) is 10.5. The number of halogens is 4. The quantitative estimate of drug-likeness (QED) is 0.295. The van der Waals surface area contributed by atoms with Gasteiger partial charge in [0.2, 0.25) is 15.9 Å². The number of terminal acetylenes is 1. The highest BCUT2D eigenvalue weighted by atomic mass is 32.2. The zero-order valence-corrected chi connectivity index (χ0v) is 20.1. The van der Waals surface area contributed by atoms with Crippen LogP contribution >= 0.6 is 0 Å². The summed E-state index contributed by atoms with van der Waals surface area (Å²) in [5.41, 5.74) is -0.518. The molecular weight excluding hydrogens is 486 g/mol. The van der Waals surface area contributed by atoms with Gasteiger partial charge in [-0.3, -0.25) is 9.52 Å². The van der Waals surface area contributed by atoms with Crippen LogP contribution in [0.3, 0.4) is 0 Å². The van der Waals surface area contributed by atoms with Crippen molar-refractivity contribution in [2.24, 2.45) is 5.92 Å². The molecule has 0 bridgehead atoms. The predicted octanol–water partition coefficient (Wildman–Crippen LogP) is 4.51. The molecular formula is C24H25F4N3O3S. The predicted molar refractivity (Wildman–Crippen MR) is 126 cm³/mol. The fourth-order valence-corrected chi connectivity index (χ4v) is 3.62.